The van der Waals surface area contributed by atoms with E-state index in [2.05, 4.69) is 111 Å². The highest BCUT2D eigenvalue weighted by atomic mass is 19.3. The molecular weight excluding hydrogens is 1470 g/mol. The van der Waals surface area contributed by atoms with Crippen LogP contribution in [0.5, 0.6) is 23.0 Å². The first-order valence-corrected chi connectivity index (χ1v) is 32.4. The van der Waals surface area contributed by atoms with Crippen LogP contribution in [0.25, 0.3) is 90.2 Å². The fraction of sp³-hybridized carbons (Fsp3) is 0.0685. The van der Waals surface area contributed by atoms with Crippen molar-refractivity contribution >= 4 is 90.5 Å². The van der Waals surface area contributed by atoms with Gasteiger partial charge in [-0.25, -0.2) is 55.1 Å². The zero-order chi connectivity index (χ0) is 78.1. The summed E-state index contributed by atoms with van der Waals surface area (Å²) in [4.78, 5) is 79.2. The molecule has 1 aliphatic rings. The third-order valence-corrected chi connectivity index (χ3v) is 16.6. The van der Waals surface area contributed by atoms with Gasteiger partial charge in [-0.15, -0.1) is 8.78 Å². The first-order valence-electron chi connectivity index (χ1n) is 32.4. The number of ether oxygens (including phenoxy) is 4. The summed E-state index contributed by atoms with van der Waals surface area (Å²) >= 11 is 0. The zero-order valence-corrected chi connectivity index (χ0v) is 57.1. The van der Waals surface area contributed by atoms with Crippen molar-refractivity contribution in [2.45, 2.75) is 20.1 Å². The number of methoxy groups -OCH3 is 2. The number of H-pyrrole nitrogens is 8. The van der Waals surface area contributed by atoms with Crippen molar-refractivity contribution < 1.29 is 82.0 Å². The Morgan fingerprint density at radius 3 is 1.09 bits per heavy atom. The van der Waals surface area contributed by atoms with Crippen LogP contribution in [0, 0.1) is 60.4 Å². The van der Waals surface area contributed by atoms with E-state index in [0.29, 0.717) is 62.6 Å². The standard InChI is InChI=1S/C19H15F2N5O3.C18H9F4N5O3.2C18H13F2N5O/c1-28-14-6-11-12(7-15(14)29-2)24-18(23-11)17-13(8-22-26-17)25-19(27)16-9(20)4-3-5-10(16)21;19-7-2-1-3-8(20)14(7)17(28)26-11-6-23-27-15(11)16-24-9-4-12-13(5-10(9)25-16)30-18(21,22)29-12;1-9-4-2-7-12-15(9)24-17(22-12)16-13(8-21-25-16)23-18(26)14-10(19)5-3-6-11(14)20;1-9-5-6-12-13(7-9)23-17(22-12)16-14(8-21-25-16)24-18(26)15-10(19)3-2-4-11(15)20/h3-8H,1-2H3,(H,22,26)(H,23,24)(H,25,27);1-6H,(H,23,27)(H,24,25)(H,26,28);2-8H,1H3,(H,21,25)(H,22,24)(H,23,26);2-8H,1H3,(H,21,25)(H,22,23)(H,24,26). The number of amides is 4. The fourth-order valence-corrected chi connectivity index (χ4v) is 11.4. The minimum absolute atomic E-state index is 0.0910. The third kappa shape index (κ3) is 15.0. The number of carbonyl (C=O) groups excluding carboxylic acids is 4. The average molecular weight is 1530 g/mol. The number of alkyl halides is 2. The summed E-state index contributed by atoms with van der Waals surface area (Å²) in [5, 5.41) is 36.1. The van der Waals surface area contributed by atoms with Crippen LogP contribution in [-0.4, -0.2) is 125 Å². The smallest absolute Gasteiger partial charge is 0.493 e. The molecule has 0 bridgehead atoms. The minimum atomic E-state index is -3.76. The molecule has 12 N–H and O–H groups in total. The van der Waals surface area contributed by atoms with Crippen molar-refractivity contribution in [1.82, 2.24) is 80.7 Å². The Labute approximate surface area is 613 Å². The SMILES string of the molecule is COc1cc2nc(-c3[nH]ncc3NC(=O)c3c(F)cccc3F)[nH]c2cc1OC.Cc1ccc2nc(-c3[nH]ncc3NC(=O)c3c(F)cccc3F)[nH]c2c1.Cc1cccc2[nH]c(-c3[nH]ncc3NC(=O)c3c(F)cccc3F)nc12.O=C(Nc1cn[nH]c1-c1nc2cc3c(cc2[nH]1)OC(F)(F)O3)c1c(F)cccc1F. The number of hydrogen-bond donors (Lipinski definition) is 12. The molecule has 28 nitrogen and oxygen atoms in total. The topological polar surface area (TPSA) is 383 Å². The summed E-state index contributed by atoms with van der Waals surface area (Å²) in [6, 6.07) is 30.1. The molecule has 38 heteroatoms. The van der Waals surface area contributed by atoms with Gasteiger partial charge in [-0.3, -0.25) is 39.6 Å². The lowest BCUT2D eigenvalue weighted by molar-refractivity contribution is -0.286. The summed E-state index contributed by atoms with van der Waals surface area (Å²) in [5.74, 6) is -9.38. The largest absolute Gasteiger partial charge is 0.586 e. The molecule has 111 heavy (non-hydrogen) atoms. The summed E-state index contributed by atoms with van der Waals surface area (Å²) in [7, 11) is 3.03. The maximum atomic E-state index is 13.9. The second-order valence-electron chi connectivity index (χ2n) is 23.9. The molecule has 0 saturated heterocycles. The van der Waals surface area contributed by atoms with Gasteiger partial charge in [-0.2, -0.15) is 20.4 Å². The van der Waals surface area contributed by atoms with Crippen molar-refractivity contribution in [3.8, 4) is 69.1 Å². The van der Waals surface area contributed by atoms with E-state index in [9.17, 15) is 63.1 Å². The van der Waals surface area contributed by atoms with Gasteiger partial charge < -0.3 is 60.2 Å². The molecule has 0 spiro atoms. The first-order chi connectivity index (χ1) is 53.4. The van der Waals surface area contributed by atoms with Crippen LogP contribution in [0.15, 0.2) is 158 Å². The Balaban J connectivity index is 0.000000123. The van der Waals surface area contributed by atoms with E-state index >= 15 is 0 Å². The third-order valence-electron chi connectivity index (χ3n) is 16.6. The fourth-order valence-electron chi connectivity index (χ4n) is 11.4. The number of fused-ring (bicyclic) bond motifs is 5. The van der Waals surface area contributed by atoms with Crippen LogP contribution in [0.2, 0.25) is 0 Å². The van der Waals surface area contributed by atoms with E-state index in [4.69, 9.17) is 9.47 Å². The molecule has 16 aromatic rings. The summed E-state index contributed by atoms with van der Waals surface area (Å²) < 4.78 is 156. The molecule has 0 unspecified atom stereocenters. The number of halogens is 10. The van der Waals surface area contributed by atoms with E-state index in [-0.39, 0.29) is 51.3 Å². The first kappa shape index (κ1) is 72.8. The van der Waals surface area contributed by atoms with Gasteiger partial charge >= 0.3 is 6.29 Å². The predicted molar refractivity (Wildman–Crippen MR) is 381 cm³/mol. The molecule has 8 aromatic carbocycles. The van der Waals surface area contributed by atoms with Gasteiger partial charge in [0.05, 0.1) is 106 Å². The van der Waals surface area contributed by atoms with Gasteiger partial charge in [0.1, 0.15) is 91.6 Å². The monoisotopic (exact) mass is 1520 g/mol. The number of aryl methyl sites for hydroxylation is 2. The molecular formula is C73H50F10N20O8. The highest BCUT2D eigenvalue weighted by Gasteiger charge is 2.44. The molecule has 8 aromatic heterocycles. The molecule has 9 heterocycles. The van der Waals surface area contributed by atoms with E-state index in [0.717, 1.165) is 87.8 Å². The molecule has 0 aliphatic carbocycles. The number of hydrogen-bond acceptors (Lipinski definition) is 16. The molecule has 0 radical (unpaired) electrons. The number of nitrogens with zero attached hydrogens (tertiary/aromatic N) is 8. The molecule has 4 amide bonds. The number of para-hydroxylation sites is 1. The van der Waals surface area contributed by atoms with Gasteiger partial charge in [0.25, 0.3) is 23.6 Å². The van der Waals surface area contributed by atoms with Crippen molar-refractivity contribution in [2.24, 2.45) is 0 Å². The van der Waals surface area contributed by atoms with Gasteiger partial charge in [-0.05, 0) is 91.7 Å². The van der Waals surface area contributed by atoms with Crippen LogP contribution in [0.1, 0.15) is 52.6 Å². The predicted octanol–water partition coefficient (Wildman–Crippen LogP) is 14.9. The number of rotatable bonds is 14. The van der Waals surface area contributed by atoms with Gasteiger partial charge in [0, 0.05) is 24.3 Å². The van der Waals surface area contributed by atoms with Crippen LogP contribution in [0.4, 0.5) is 66.7 Å². The summed E-state index contributed by atoms with van der Waals surface area (Å²) in [6.45, 7) is 3.90. The number of aromatic nitrogens is 16. The molecule has 560 valence electrons. The maximum Gasteiger partial charge on any atom is 0.586 e. The van der Waals surface area contributed by atoms with E-state index < -0.39 is 98.7 Å². The number of aromatic amines is 8. The van der Waals surface area contributed by atoms with Crippen molar-refractivity contribution in [2.75, 3.05) is 35.5 Å². The van der Waals surface area contributed by atoms with E-state index in [1.807, 2.05) is 50.2 Å². The lowest BCUT2D eigenvalue weighted by atomic mass is 10.2. The van der Waals surface area contributed by atoms with Crippen LogP contribution < -0.4 is 40.2 Å². The molecule has 0 atom stereocenters. The van der Waals surface area contributed by atoms with Gasteiger partial charge in [0.15, 0.2) is 46.3 Å². The Morgan fingerprint density at radius 2 is 0.703 bits per heavy atom. The number of nitrogens with one attached hydrogen (secondary N) is 12. The Bertz CT molecular complexity index is 6130. The molecule has 0 fully saturated rings. The van der Waals surface area contributed by atoms with Gasteiger partial charge in [0.2, 0.25) is 0 Å². The minimum Gasteiger partial charge on any atom is -0.493 e. The number of benzene rings is 8. The zero-order valence-electron chi connectivity index (χ0n) is 57.1. The van der Waals surface area contributed by atoms with Crippen molar-refractivity contribution in [3.63, 3.8) is 0 Å². The van der Waals surface area contributed by atoms with Crippen LogP contribution in [0.3, 0.4) is 0 Å². The average Bonchev–Trinajstić information content (AvgIpc) is 1.62. The lowest BCUT2D eigenvalue weighted by Crippen LogP contribution is -2.25. The van der Waals surface area contributed by atoms with Crippen molar-refractivity contribution in [3.05, 3.63) is 238 Å². The number of carbonyl (C=O) groups is 4. The molecule has 17 rings (SSSR count). The summed E-state index contributed by atoms with van der Waals surface area (Å²) in [5.41, 5.74) is 6.54. The van der Waals surface area contributed by atoms with E-state index in [1.54, 1.807) is 12.1 Å². The highest BCUT2D eigenvalue weighted by Crippen LogP contribution is 2.44. The normalized spacial score (nSPS) is 11.9. The highest BCUT2D eigenvalue weighted by molar-refractivity contribution is 6.09. The quantitative estimate of drug-likeness (QED) is 0.0450. The van der Waals surface area contributed by atoms with E-state index in [1.165, 1.54) is 69.3 Å². The molecule has 0 saturated carbocycles. The van der Waals surface area contributed by atoms with Gasteiger partial charge in [-0.1, -0.05) is 42.5 Å². The van der Waals surface area contributed by atoms with Crippen LogP contribution in [-0.2, 0) is 0 Å². The van der Waals surface area contributed by atoms with Crippen molar-refractivity contribution in [1.29, 1.82) is 0 Å². The summed E-state index contributed by atoms with van der Waals surface area (Å²) in [6.07, 6.45) is 1.50. The molecule has 1 aliphatic heterocycles. The maximum absolute atomic E-state index is 13.9. The lowest BCUT2D eigenvalue weighted by Gasteiger charge is -2.06. The Kier molecular flexibility index (Phi) is 19.7. The van der Waals surface area contributed by atoms with Crippen LogP contribution >= 0.6 is 0 Å². The second kappa shape index (κ2) is 30.0. The Morgan fingerprint density at radius 1 is 0.378 bits per heavy atom. The second-order valence-corrected chi connectivity index (χ2v) is 23.9. The Hall–Kier alpha value is -15.1. The number of imidazole rings is 4. The number of anilines is 4.